The first-order chi connectivity index (χ1) is 10.1. The molecule has 1 aliphatic heterocycles. The molecule has 1 aromatic heterocycles. The Bertz CT molecular complexity index is 676. The summed E-state index contributed by atoms with van der Waals surface area (Å²) in [5, 5.41) is 10.5. The van der Waals surface area contributed by atoms with Crippen LogP contribution in [-0.2, 0) is 0 Å². The number of amides is 1. The lowest BCUT2D eigenvalue weighted by Gasteiger charge is -2.14. The lowest BCUT2D eigenvalue weighted by molar-refractivity contribution is 0.0933. The summed E-state index contributed by atoms with van der Waals surface area (Å²) in [5.74, 6) is 1.07. The molecular weight excluding hydrogens is 294 g/mol. The molecule has 1 atom stereocenters. The van der Waals surface area contributed by atoms with Gasteiger partial charge in [-0.25, -0.2) is 0 Å². The second-order valence-corrected chi connectivity index (χ2v) is 4.94. The van der Waals surface area contributed by atoms with Gasteiger partial charge in [0.1, 0.15) is 0 Å². The maximum absolute atomic E-state index is 12.1. The van der Waals surface area contributed by atoms with E-state index in [0.717, 1.165) is 5.56 Å². The quantitative estimate of drug-likeness (QED) is 0.942. The van der Waals surface area contributed by atoms with Crippen molar-refractivity contribution in [3.8, 4) is 11.5 Å². The minimum absolute atomic E-state index is 0.204. The number of nitrogens with one attached hydrogen (secondary N) is 1. The molecule has 0 radical (unpaired) electrons. The summed E-state index contributed by atoms with van der Waals surface area (Å²) in [5.41, 5.74) is 1.13. The average Bonchev–Trinajstić information content (AvgIpc) is 2.95. The summed E-state index contributed by atoms with van der Waals surface area (Å²) in [6.07, 6.45) is 0. The van der Waals surface area contributed by atoms with E-state index in [1.54, 1.807) is 0 Å². The molecule has 3 rings (SSSR count). The lowest BCUT2D eigenvalue weighted by atomic mass is 10.1. The highest BCUT2D eigenvalue weighted by Crippen LogP contribution is 2.34. The second kappa shape index (κ2) is 5.57. The molecule has 0 spiro atoms. The third kappa shape index (κ3) is 2.90. The number of ether oxygens (including phenoxy) is 2. The van der Waals surface area contributed by atoms with Crippen LogP contribution in [0.1, 0.15) is 29.0 Å². The minimum atomic E-state index is -0.315. The first kappa shape index (κ1) is 13.6. The average molecular weight is 306 g/mol. The third-order valence-corrected chi connectivity index (χ3v) is 3.31. The monoisotopic (exact) mass is 305 g/mol. The van der Waals surface area contributed by atoms with Gasteiger partial charge in [0.05, 0.1) is 6.04 Å². The molecule has 0 bridgehead atoms. The minimum Gasteiger partial charge on any atom is -0.454 e. The molecule has 0 fully saturated rings. The molecule has 6 nitrogen and oxygen atoms in total. The van der Waals surface area contributed by atoms with Crippen LogP contribution in [0.2, 0.25) is 5.15 Å². The largest absolute Gasteiger partial charge is 0.454 e. The van der Waals surface area contributed by atoms with Crippen LogP contribution in [0, 0.1) is 0 Å². The number of nitrogens with zero attached hydrogens (tertiary/aromatic N) is 2. The number of hydrogen-bond acceptors (Lipinski definition) is 5. The molecule has 0 aliphatic carbocycles. The van der Waals surface area contributed by atoms with E-state index in [4.69, 9.17) is 21.1 Å². The fraction of sp³-hybridized carbons (Fsp3) is 0.214. The molecule has 1 N–H and O–H groups in total. The molecule has 0 saturated heterocycles. The number of fused-ring (bicyclic) bond motifs is 1. The van der Waals surface area contributed by atoms with E-state index in [1.165, 1.54) is 12.1 Å². The van der Waals surface area contributed by atoms with E-state index in [1.807, 2.05) is 25.1 Å². The SMILES string of the molecule is CC(NC(=O)c1ccc(Cl)nn1)c1ccc2c(c1)OCO2. The molecule has 1 unspecified atom stereocenters. The van der Waals surface area contributed by atoms with Gasteiger partial charge in [-0.2, -0.15) is 0 Å². The van der Waals surface area contributed by atoms with Crippen molar-refractivity contribution < 1.29 is 14.3 Å². The maximum Gasteiger partial charge on any atom is 0.272 e. The number of hydrogen-bond donors (Lipinski definition) is 1. The summed E-state index contributed by atoms with van der Waals surface area (Å²) >= 11 is 5.64. The van der Waals surface area contributed by atoms with E-state index in [2.05, 4.69) is 15.5 Å². The number of aromatic nitrogens is 2. The first-order valence-corrected chi connectivity index (χ1v) is 6.71. The fourth-order valence-corrected chi connectivity index (χ4v) is 2.07. The van der Waals surface area contributed by atoms with Gasteiger partial charge in [0.15, 0.2) is 22.3 Å². The van der Waals surface area contributed by atoms with Crippen molar-refractivity contribution in [1.82, 2.24) is 15.5 Å². The molecular formula is C14H12ClN3O3. The highest BCUT2D eigenvalue weighted by atomic mass is 35.5. The number of carbonyl (C=O) groups excluding carboxylic acids is 1. The molecule has 21 heavy (non-hydrogen) atoms. The number of halogens is 1. The van der Waals surface area contributed by atoms with Crippen LogP contribution in [-0.4, -0.2) is 22.9 Å². The summed E-state index contributed by atoms with van der Waals surface area (Å²) in [4.78, 5) is 12.1. The van der Waals surface area contributed by atoms with Crippen LogP contribution in [0.25, 0.3) is 0 Å². The Morgan fingerprint density at radius 3 is 2.81 bits per heavy atom. The van der Waals surface area contributed by atoms with Crippen molar-refractivity contribution in [3.63, 3.8) is 0 Å². The van der Waals surface area contributed by atoms with E-state index in [9.17, 15) is 4.79 Å². The lowest BCUT2D eigenvalue weighted by Crippen LogP contribution is -2.27. The summed E-state index contributed by atoms with van der Waals surface area (Å²) in [7, 11) is 0. The second-order valence-electron chi connectivity index (χ2n) is 4.55. The van der Waals surface area contributed by atoms with Crippen LogP contribution in [0.3, 0.4) is 0 Å². The molecule has 2 heterocycles. The fourth-order valence-electron chi connectivity index (χ4n) is 1.97. The van der Waals surface area contributed by atoms with Crippen LogP contribution in [0.4, 0.5) is 0 Å². The first-order valence-electron chi connectivity index (χ1n) is 6.33. The zero-order chi connectivity index (χ0) is 14.8. The zero-order valence-corrected chi connectivity index (χ0v) is 11.9. The van der Waals surface area contributed by atoms with Gasteiger partial charge in [0.2, 0.25) is 6.79 Å². The van der Waals surface area contributed by atoms with E-state index < -0.39 is 0 Å². The molecule has 0 saturated carbocycles. The van der Waals surface area contributed by atoms with Gasteiger partial charge in [-0.1, -0.05) is 17.7 Å². The molecule has 1 aromatic carbocycles. The van der Waals surface area contributed by atoms with E-state index in [-0.39, 0.29) is 29.6 Å². The Morgan fingerprint density at radius 1 is 1.24 bits per heavy atom. The summed E-state index contributed by atoms with van der Waals surface area (Å²) in [6.45, 7) is 2.10. The van der Waals surface area contributed by atoms with Gasteiger partial charge in [-0.05, 0) is 36.8 Å². The predicted octanol–water partition coefficient (Wildman–Crippen LogP) is 2.35. The van der Waals surface area contributed by atoms with Gasteiger partial charge in [0, 0.05) is 0 Å². The molecule has 7 heteroatoms. The van der Waals surface area contributed by atoms with Crippen LogP contribution >= 0.6 is 11.6 Å². The van der Waals surface area contributed by atoms with Gasteiger partial charge in [-0.15, -0.1) is 10.2 Å². The van der Waals surface area contributed by atoms with Gasteiger partial charge in [0.25, 0.3) is 5.91 Å². The standard InChI is InChI=1S/C14H12ClN3O3/c1-8(9-2-4-11-12(6-9)21-7-20-11)16-14(19)10-3-5-13(15)18-17-10/h2-6,8H,7H2,1H3,(H,16,19). The predicted molar refractivity (Wildman–Crippen MR) is 75.5 cm³/mol. The van der Waals surface area contributed by atoms with Crippen molar-refractivity contribution in [3.05, 3.63) is 46.7 Å². The normalized spacial score (nSPS) is 13.8. The van der Waals surface area contributed by atoms with Crippen molar-refractivity contribution in [2.75, 3.05) is 6.79 Å². The number of rotatable bonds is 3. The Kier molecular flexibility index (Phi) is 3.62. The smallest absolute Gasteiger partial charge is 0.272 e. The Labute approximate surface area is 126 Å². The van der Waals surface area contributed by atoms with Crippen LogP contribution < -0.4 is 14.8 Å². The highest BCUT2D eigenvalue weighted by Gasteiger charge is 2.17. The van der Waals surface area contributed by atoms with Gasteiger partial charge >= 0.3 is 0 Å². The summed E-state index contributed by atoms with van der Waals surface area (Å²) < 4.78 is 10.6. The molecule has 1 amide bonds. The molecule has 1 aliphatic rings. The summed E-state index contributed by atoms with van der Waals surface area (Å²) in [6, 6.07) is 8.39. The van der Waals surface area contributed by atoms with Crippen LogP contribution in [0.15, 0.2) is 30.3 Å². The zero-order valence-electron chi connectivity index (χ0n) is 11.2. The van der Waals surface area contributed by atoms with Gasteiger partial charge in [-0.3, -0.25) is 4.79 Å². The van der Waals surface area contributed by atoms with Crippen molar-refractivity contribution in [2.24, 2.45) is 0 Å². The van der Waals surface area contributed by atoms with Crippen LogP contribution in [0.5, 0.6) is 11.5 Å². The van der Waals surface area contributed by atoms with Crippen molar-refractivity contribution >= 4 is 17.5 Å². The van der Waals surface area contributed by atoms with E-state index >= 15 is 0 Å². The van der Waals surface area contributed by atoms with Crippen molar-refractivity contribution in [1.29, 1.82) is 0 Å². The third-order valence-electron chi connectivity index (χ3n) is 3.11. The highest BCUT2D eigenvalue weighted by molar-refractivity contribution is 6.29. The Morgan fingerprint density at radius 2 is 2.05 bits per heavy atom. The number of benzene rings is 1. The Hall–Kier alpha value is -2.34. The molecule has 108 valence electrons. The number of carbonyl (C=O) groups is 1. The maximum atomic E-state index is 12.1. The molecule has 2 aromatic rings. The Balaban J connectivity index is 1.72. The van der Waals surface area contributed by atoms with E-state index in [0.29, 0.717) is 11.5 Å². The van der Waals surface area contributed by atoms with Gasteiger partial charge < -0.3 is 14.8 Å². The van der Waals surface area contributed by atoms with Crippen molar-refractivity contribution in [2.45, 2.75) is 13.0 Å². The topological polar surface area (TPSA) is 73.3 Å².